The highest BCUT2D eigenvalue weighted by atomic mass is 16.3. The summed E-state index contributed by atoms with van der Waals surface area (Å²) >= 11 is 0. The minimum atomic E-state index is -0.653. The van der Waals surface area contributed by atoms with Crippen LogP contribution in [-0.4, -0.2) is 35.6 Å². The minimum Gasteiger partial charge on any atom is -0.394 e. The van der Waals surface area contributed by atoms with Gasteiger partial charge < -0.3 is 15.7 Å². The molecule has 0 heterocycles. The summed E-state index contributed by atoms with van der Waals surface area (Å²) in [5.41, 5.74) is 1.60. The van der Waals surface area contributed by atoms with Gasteiger partial charge in [-0.05, 0) is 36.0 Å². The molecule has 0 aliphatic carbocycles. The predicted octanol–water partition coefficient (Wildman–Crippen LogP) is 3.50. The molecule has 2 aromatic rings. The van der Waals surface area contributed by atoms with Gasteiger partial charge in [0.05, 0.1) is 18.7 Å². The zero-order valence-electron chi connectivity index (χ0n) is 18.8. The van der Waals surface area contributed by atoms with E-state index in [1.807, 2.05) is 88.4 Å². The van der Waals surface area contributed by atoms with Gasteiger partial charge in [-0.15, -0.1) is 0 Å². The number of hydrogen-bond donors (Lipinski definition) is 4. The number of amides is 2. The highest BCUT2D eigenvalue weighted by Gasteiger charge is 2.30. The molecule has 0 saturated heterocycles. The third-order valence-electron chi connectivity index (χ3n) is 5.10. The molecule has 3 atom stereocenters. The average molecular weight is 426 g/mol. The molecule has 0 saturated carbocycles. The lowest BCUT2D eigenvalue weighted by Gasteiger charge is -2.29. The average Bonchev–Trinajstić information content (AvgIpc) is 2.74. The molecule has 0 aliphatic heterocycles. The molecule has 2 amide bonds. The van der Waals surface area contributed by atoms with Gasteiger partial charge in [-0.2, -0.15) is 0 Å². The molecule has 2 aromatic carbocycles. The summed E-state index contributed by atoms with van der Waals surface area (Å²) in [6, 6.07) is 17.2. The standard InChI is InChI=1S/C25H35N3O3/c1-17(2)15-21(24(30)26-20-13-9-6-10-14-20)28-25(31)23(18(3)4)27-22(16-29)19-11-7-5-8-12-19/h5-14,17-18,21-23,27,29H,15-16H2,1-4H3,(H,26,30)(H,28,31)/t21-,22?,23-/m0/s1. The third-order valence-corrected chi connectivity index (χ3v) is 5.10. The monoisotopic (exact) mass is 425 g/mol. The zero-order valence-corrected chi connectivity index (χ0v) is 18.8. The number of hydrogen-bond acceptors (Lipinski definition) is 4. The van der Waals surface area contributed by atoms with E-state index < -0.39 is 12.1 Å². The minimum absolute atomic E-state index is 0.0327. The highest BCUT2D eigenvalue weighted by molar-refractivity contribution is 5.97. The van der Waals surface area contributed by atoms with Crippen molar-refractivity contribution in [3.8, 4) is 0 Å². The second-order valence-electron chi connectivity index (χ2n) is 8.58. The topological polar surface area (TPSA) is 90.5 Å². The maximum absolute atomic E-state index is 13.2. The summed E-state index contributed by atoms with van der Waals surface area (Å²) in [4.78, 5) is 26.1. The number of rotatable bonds is 11. The van der Waals surface area contributed by atoms with Crippen LogP contribution >= 0.6 is 0 Å². The largest absolute Gasteiger partial charge is 0.394 e. The number of nitrogens with one attached hydrogen (secondary N) is 3. The number of para-hydroxylation sites is 1. The van der Waals surface area contributed by atoms with Crippen molar-refractivity contribution in [1.29, 1.82) is 0 Å². The summed E-state index contributed by atoms with van der Waals surface area (Å²) in [5, 5.41) is 19.0. The lowest BCUT2D eigenvalue weighted by atomic mass is 9.98. The Morgan fingerprint density at radius 1 is 0.871 bits per heavy atom. The number of aliphatic hydroxyl groups is 1. The van der Waals surface area contributed by atoms with Gasteiger partial charge in [0.15, 0.2) is 0 Å². The lowest BCUT2D eigenvalue weighted by Crippen LogP contribution is -2.54. The summed E-state index contributed by atoms with van der Waals surface area (Å²) in [5.74, 6) is -0.294. The molecular formula is C25H35N3O3. The van der Waals surface area contributed by atoms with Crippen molar-refractivity contribution < 1.29 is 14.7 Å². The van der Waals surface area contributed by atoms with E-state index in [0.29, 0.717) is 12.1 Å². The summed E-state index contributed by atoms with van der Waals surface area (Å²) in [7, 11) is 0. The Morgan fingerprint density at radius 3 is 1.97 bits per heavy atom. The van der Waals surface area contributed by atoms with E-state index in [-0.39, 0.29) is 36.3 Å². The van der Waals surface area contributed by atoms with E-state index in [1.165, 1.54) is 0 Å². The first-order chi connectivity index (χ1) is 14.8. The summed E-state index contributed by atoms with van der Waals surface area (Å²) in [6.07, 6.45) is 0.525. The van der Waals surface area contributed by atoms with E-state index in [4.69, 9.17) is 0 Å². The quantitative estimate of drug-likeness (QED) is 0.444. The van der Waals surface area contributed by atoms with Crippen LogP contribution in [0.2, 0.25) is 0 Å². The fourth-order valence-electron chi connectivity index (χ4n) is 3.44. The van der Waals surface area contributed by atoms with Gasteiger partial charge in [0, 0.05) is 5.69 Å². The molecule has 6 heteroatoms. The first kappa shape index (κ1) is 24.6. The van der Waals surface area contributed by atoms with Crippen LogP contribution in [0.4, 0.5) is 5.69 Å². The fourth-order valence-corrected chi connectivity index (χ4v) is 3.44. The Kier molecular flexibility index (Phi) is 9.69. The van der Waals surface area contributed by atoms with Crippen LogP contribution in [-0.2, 0) is 9.59 Å². The van der Waals surface area contributed by atoms with Crippen LogP contribution < -0.4 is 16.0 Å². The Labute approximate surface area is 185 Å². The van der Waals surface area contributed by atoms with E-state index in [0.717, 1.165) is 5.56 Å². The SMILES string of the molecule is CC(C)C[C@H](NC(=O)[C@@H](NC(CO)c1ccccc1)C(C)C)C(=O)Nc1ccccc1. The Bertz CT molecular complexity index is 809. The van der Waals surface area contributed by atoms with E-state index in [1.54, 1.807) is 0 Å². The lowest BCUT2D eigenvalue weighted by molar-refractivity contribution is -0.129. The second kappa shape index (κ2) is 12.2. The van der Waals surface area contributed by atoms with Crippen molar-refractivity contribution in [1.82, 2.24) is 10.6 Å². The van der Waals surface area contributed by atoms with E-state index >= 15 is 0 Å². The molecule has 6 nitrogen and oxygen atoms in total. The summed E-state index contributed by atoms with van der Waals surface area (Å²) < 4.78 is 0. The van der Waals surface area contributed by atoms with Gasteiger partial charge in [0.2, 0.25) is 11.8 Å². The molecule has 0 fully saturated rings. The van der Waals surface area contributed by atoms with Crippen LogP contribution in [0.1, 0.15) is 45.7 Å². The van der Waals surface area contributed by atoms with Crippen molar-refractivity contribution in [3.05, 3.63) is 66.2 Å². The van der Waals surface area contributed by atoms with Crippen LogP contribution in [0.5, 0.6) is 0 Å². The van der Waals surface area contributed by atoms with Crippen molar-refractivity contribution in [3.63, 3.8) is 0 Å². The molecule has 0 aromatic heterocycles. The van der Waals surface area contributed by atoms with Gasteiger partial charge in [0.1, 0.15) is 6.04 Å². The highest BCUT2D eigenvalue weighted by Crippen LogP contribution is 2.16. The fraction of sp³-hybridized carbons (Fsp3) is 0.440. The molecule has 2 rings (SSSR count). The molecule has 168 valence electrons. The number of carbonyl (C=O) groups excluding carboxylic acids is 2. The maximum Gasteiger partial charge on any atom is 0.246 e. The second-order valence-corrected chi connectivity index (χ2v) is 8.58. The molecular weight excluding hydrogens is 390 g/mol. The molecule has 0 spiro atoms. The van der Waals surface area contributed by atoms with Gasteiger partial charge in [0.25, 0.3) is 0 Å². The van der Waals surface area contributed by atoms with Crippen LogP contribution in [0.3, 0.4) is 0 Å². The number of benzene rings is 2. The predicted molar refractivity (Wildman–Crippen MR) is 124 cm³/mol. The van der Waals surface area contributed by atoms with Crippen LogP contribution in [0, 0.1) is 11.8 Å². The Balaban J connectivity index is 2.13. The van der Waals surface area contributed by atoms with Gasteiger partial charge in [-0.25, -0.2) is 0 Å². The summed E-state index contributed by atoms with van der Waals surface area (Å²) in [6.45, 7) is 7.79. The normalized spacial score (nSPS) is 14.2. The van der Waals surface area contributed by atoms with Gasteiger partial charge in [-0.1, -0.05) is 76.2 Å². The third kappa shape index (κ3) is 7.81. The molecule has 0 aliphatic rings. The number of aliphatic hydroxyl groups excluding tert-OH is 1. The molecule has 31 heavy (non-hydrogen) atoms. The smallest absolute Gasteiger partial charge is 0.246 e. The molecule has 1 unspecified atom stereocenters. The van der Waals surface area contributed by atoms with Crippen molar-refractivity contribution in [2.45, 2.75) is 52.2 Å². The van der Waals surface area contributed by atoms with Crippen molar-refractivity contribution >= 4 is 17.5 Å². The Hall–Kier alpha value is -2.70. The van der Waals surface area contributed by atoms with Gasteiger partial charge in [-0.3, -0.25) is 14.9 Å². The molecule has 0 bridgehead atoms. The maximum atomic E-state index is 13.2. The molecule has 4 N–H and O–H groups in total. The Morgan fingerprint density at radius 2 is 1.45 bits per heavy atom. The number of anilines is 1. The van der Waals surface area contributed by atoms with Crippen molar-refractivity contribution in [2.24, 2.45) is 11.8 Å². The first-order valence-corrected chi connectivity index (χ1v) is 10.9. The van der Waals surface area contributed by atoms with E-state index in [9.17, 15) is 14.7 Å². The van der Waals surface area contributed by atoms with Crippen LogP contribution in [0.25, 0.3) is 0 Å². The van der Waals surface area contributed by atoms with Crippen LogP contribution in [0.15, 0.2) is 60.7 Å². The first-order valence-electron chi connectivity index (χ1n) is 10.9. The zero-order chi connectivity index (χ0) is 22.8. The molecule has 0 radical (unpaired) electrons. The van der Waals surface area contributed by atoms with Gasteiger partial charge >= 0.3 is 0 Å². The van der Waals surface area contributed by atoms with Crippen molar-refractivity contribution in [2.75, 3.05) is 11.9 Å². The number of carbonyl (C=O) groups is 2. The van der Waals surface area contributed by atoms with E-state index in [2.05, 4.69) is 16.0 Å².